The Labute approximate surface area is 156 Å². The molecule has 4 aliphatic rings. The lowest BCUT2D eigenvalue weighted by Crippen LogP contribution is -2.60. The summed E-state index contributed by atoms with van der Waals surface area (Å²) in [5.41, 5.74) is 2.30. The number of amides is 1. The molecule has 26 heavy (non-hydrogen) atoms. The third-order valence-corrected chi connectivity index (χ3v) is 7.70. The molecule has 142 valence electrons. The number of imidazole rings is 1. The van der Waals surface area contributed by atoms with Crippen LogP contribution in [0.25, 0.3) is 0 Å². The molecule has 5 heteroatoms. The molecular weight excluding hydrogens is 324 g/mol. The van der Waals surface area contributed by atoms with Gasteiger partial charge in [-0.25, -0.2) is 4.98 Å². The SMILES string of the molecule is O=C(C1CCC1)N1CCc2[nH]cnc2C12CCN(C1CCCCC1)CC2. The lowest BCUT2D eigenvalue weighted by molar-refractivity contribution is -0.149. The van der Waals surface area contributed by atoms with Crippen molar-refractivity contribution in [3.05, 3.63) is 17.7 Å². The Morgan fingerprint density at radius 3 is 2.50 bits per heavy atom. The van der Waals surface area contributed by atoms with E-state index in [2.05, 4.69) is 14.8 Å². The van der Waals surface area contributed by atoms with E-state index in [9.17, 15) is 4.79 Å². The molecule has 0 aromatic carbocycles. The molecule has 1 N–H and O–H groups in total. The van der Waals surface area contributed by atoms with Crippen LogP contribution in [-0.4, -0.2) is 51.4 Å². The lowest BCUT2D eigenvalue weighted by Gasteiger charge is -2.53. The number of carbonyl (C=O) groups excluding carboxylic acids is 1. The van der Waals surface area contributed by atoms with Gasteiger partial charge in [0.2, 0.25) is 5.91 Å². The molecule has 1 saturated heterocycles. The maximum Gasteiger partial charge on any atom is 0.226 e. The summed E-state index contributed by atoms with van der Waals surface area (Å²) >= 11 is 0. The van der Waals surface area contributed by atoms with Gasteiger partial charge in [0.05, 0.1) is 17.6 Å². The average molecular weight is 357 g/mol. The van der Waals surface area contributed by atoms with E-state index in [4.69, 9.17) is 4.98 Å². The number of likely N-dealkylation sites (tertiary alicyclic amines) is 1. The number of nitrogens with zero attached hydrogens (tertiary/aromatic N) is 3. The van der Waals surface area contributed by atoms with Gasteiger partial charge in [-0.05, 0) is 38.5 Å². The van der Waals surface area contributed by atoms with E-state index in [1.807, 2.05) is 6.33 Å². The number of nitrogens with one attached hydrogen (secondary N) is 1. The van der Waals surface area contributed by atoms with E-state index in [1.54, 1.807) is 0 Å². The first kappa shape index (κ1) is 16.8. The van der Waals surface area contributed by atoms with Gasteiger partial charge in [0, 0.05) is 43.7 Å². The van der Waals surface area contributed by atoms with Crippen molar-refractivity contribution in [2.75, 3.05) is 19.6 Å². The molecule has 1 aromatic rings. The lowest BCUT2D eigenvalue weighted by atomic mass is 9.75. The van der Waals surface area contributed by atoms with Gasteiger partial charge >= 0.3 is 0 Å². The number of aromatic amines is 1. The first-order valence-corrected chi connectivity index (χ1v) is 10.9. The highest BCUT2D eigenvalue weighted by molar-refractivity contribution is 5.81. The fourth-order valence-corrected chi connectivity index (χ4v) is 5.89. The van der Waals surface area contributed by atoms with Crippen LogP contribution in [0.3, 0.4) is 0 Å². The summed E-state index contributed by atoms with van der Waals surface area (Å²) in [6.07, 6.45) is 15.2. The molecule has 1 spiro atoms. The van der Waals surface area contributed by atoms with Crippen molar-refractivity contribution in [3.63, 3.8) is 0 Å². The molecule has 0 bridgehead atoms. The van der Waals surface area contributed by atoms with E-state index in [-0.39, 0.29) is 11.5 Å². The van der Waals surface area contributed by atoms with Gasteiger partial charge in [-0.2, -0.15) is 0 Å². The van der Waals surface area contributed by atoms with Crippen LogP contribution in [0.1, 0.15) is 75.6 Å². The minimum atomic E-state index is -0.147. The Morgan fingerprint density at radius 1 is 1.04 bits per heavy atom. The second-order valence-corrected chi connectivity index (χ2v) is 8.96. The minimum Gasteiger partial charge on any atom is -0.348 e. The smallest absolute Gasteiger partial charge is 0.226 e. The fraction of sp³-hybridized carbons (Fsp3) is 0.810. The van der Waals surface area contributed by atoms with Crippen molar-refractivity contribution in [3.8, 4) is 0 Å². The van der Waals surface area contributed by atoms with E-state index in [0.29, 0.717) is 5.91 Å². The summed E-state index contributed by atoms with van der Waals surface area (Å²) in [7, 11) is 0. The summed E-state index contributed by atoms with van der Waals surface area (Å²) in [6, 6.07) is 0.777. The van der Waals surface area contributed by atoms with Gasteiger partial charge in [0.15, 0.2) is 0 Å². The number of rotatable bonds is 2. The van der Waals surface area contributed by atoms with E-state index >= 15 is 0 Å². The van der Waals surface area contributed by atoms with Crippen LogP contribution < -0.4 is 0 Å². The first-order valence-electron chi connectivity index (χ1n) is 10.9. The molecule has 3 fully saturated rings. The van der Waals surface area contributed by atoms with Crippen LogP contribution in [0, 0.1) is 5.92 Å². The molecule has 0 unspecified atom stereocenters. The quantitative estimate of drug-likeness (QED) is 0.885. The van der Waals surface area contributed by atoms with Gasteiger partial charge in [0.25, 0.3) is 0 Å². The number of hydrogen-bond acceptors (Lipinski definition) is 3. The highest BCUT2D eigenvalue weighted by Gasteiger charge is 2.50. The van der Waals surface area contributed by atoms with Gasteiger partial charge in [-0.1, -0.05) is 25.7 Å². The number of H-pyrrole nitrogens is 1. The van der Waals surface area contributed by atoms with Crippen molar-refractivity contribution < 1.29 is 4.79 Å². The summed E-state index contributed by atoms with van der Waals surface area (Å²) in [5, 5.41) is 0. The second kappa shape index (κ2) is 6.66. The predicted octanol–water partition coefficient (Wildman–Crippen LogP) is 3.22. The number of aromatic nitrogens is 2. The predicted molar refractivity (Wildman–Crippen MR) is 101 cm³/mol. The summed E-state index contributed by atoms with van der Waals surface area (Å²) in [5.74, 6) is 0.694. The zero-order valence-electron chi connectivity index (χ0n) is 15.9. The van der Waals surface area contributed by atoms with Gasteiger partial charge < -0.3 is 14.8 Å². The third-order valence-electron chi connectivity index (χ3n) is 7.70. The van der Waals surface area contributed by atoms with Gasteiger partial charge in [-0.15, -0.1) is 0 Å². The summed E-state index contributed by atoms with van der Waals surface area (Å²) in [6.45, 7) is 3.10. The van der Waals surface area contributed by atoms with Crippen molar-refractivity contribution >= 4 is 5.91 Å². The molecule has 5 rings (SSSR count). The number of piperidine rings is 1. The number of fused-ring (bicyclic) bond motifs is 2. The number of hydrogen-bond donors (Lipinski definition) is 1. The van der Waals surface area contributed by atoms with Crippen molar-refractivity contribution in [2.45, 2.75) is 82.2 Å². The average Bonchev–Trinajstić information content (AvgIpc) is 3.12. The maximum absolute atomic E-state index is 13.2. The standard InChI is InChI=1S/C21H32N4O/c26-20(16-5-4-6-16)25-12-9-18-19(23-15-22-18)21(25)10-13-24(14-11-21)17-7-2-1-3-8-17/h15-17H,1-14H2,(H,22,23). The Morgan fingerprint density at radius 2 is 1.81 bits per heavy atom. The van der Waals surface area contributed by atoms with E-state index in [0.717, 1.165) is 57.8 Å². The molecule has 1 amide bonds. The van der Waals surface area contributed by atoms with Crippen molar-refractivity contribution in [2.24, 2.45) is 5.92 Å². The molecule has 2 saturated carbocycles. The zero-order chi connectivity index (χ0) is 17.6. The van der Waals surface area contributed by atoms with E-state index < -0.39 is 0 Å². The van der Waals surface area contributed by atoms with Crippen LogP contribution in [-0.2, 0) is 16.8 Å². The van der Waals surface area contributed by atoms with Crippen molar-refractivity contribution in [1.29, 1.82) is 0 Å². The molecule has 2 aliphatic heterocycles. The van der Waals surface area contributed by atoms with Crippen molar-refractivity contribution in [1.82, 2.24) is 19.8 Å². The highest BCUT2D eigenvalue weighted by Crippen LogP contribution is 2.45. The van der Waals surface area contributed by atoms with E-state index in [1.165, 1.54) is 49.9 Å². The molecule has 0 radical (unpaired) electrons. The maximum atomic E-state index is 13.2. The normalized spacial score (nSPS) is 27.3. The van der Waals surface area contributed by atoms with Crippen LogP contribution >= 0.6 is 0 Å². The third kappa shape index (κ3) is 2.62. The zero-order valence-corrected chi connectivity index (χ0v) is 15.9. The Hall–Kier alpha value is -1.36. The van der Waals surface area contributed by atoms with Crippen LogP contribution in [0.5, 0.6) is 0 Å². The Bertz CT molecular complexity index is 651. The monoisotopic (exact) mass is 356 g/mol. The number of carbonyl (C=O) groups is 1. The van der Waals surface area contributed by atoms with Crippen LogP contribution in [0.2, 0.25) is 0 Å². The van der Waals surface area contributed by atoms with Gasteiger partial charge in [0.1, 0.15) is 0 Å². The molecule has 0 atom stereocenters. The Balaban J connectivity index is 1.39. The summed E-state index contributed by atoms with van der Waals surface area (Å²) < 4.78 is 0. The largest absolute Gasteiger partial charge is 0.348 e. The fourth-order valence-electron chi connectivity index (χ4n) is 5.89. The molecule has 5 nitrogen and oxygen atoms in total. The Kier molecular flexibility index (Phi) is 4.30. The topological polar surface area (TPSA) is 52.2 Å². The second-order valence-electron chi connectivity index (χ2n) is 8.96. The first-order chi connectivity index (χ1) is 12.8. The highest BCUT2D eigenvalue weighted by atomic mass is 16.2. The molecular formula is C21H32N4O. The van der Waals surface area contributed by atoms with Crippen LogP contribution in [0.15, 0.2) is 6.33 Å². The van der Waals surface area contributed by atoms with Gasteiger partial charge in [-0.3, -0.25) is 4.79 Å². The minimum absolute atomic E-state index is 0.147. The molecule has 3 heterocycles. The van der Waals surface area contributed by atoms with Crippen LogP contribution in [0.4, 0.5) is 0 Å². The molecule has 1 aromatic heterocycles. The summed E-state index contributed by atoms with van der Waals surface area (Å²) in [4.78, 5) is 26.3. The molecule has 2 aliphatic carbocycles.